The third kappa shape index (κ3) is 4.44. The van der Waals surface area contributed by atoms with Gasteiger partial charge < -0.3 is 5.11 Å². The maximum Gasteiger partial charge on any atom is 0.201 e. The molecule has 0 aliphatic rings. The Kier molecular flexibility index (Phi) is 7.02. The van der Waals surface area contributed by atoms with E-state index in [4.69, 9.17) is 5.26 Å². The molecule has 31 heavy (non-hydrogen) atoms. The Morgan fingerprint density at radius 3 is 2.13 bits per heavy atom. The van der Waals surface area contributed by atoms with E-state index in [2.05, 4.69) is 6.92 Å². The smallest absolute Gasteiger partial charge is 0.201 e. The number of halogens is 3. The number of benzene rings is 3. The molecule has 5 heteroatoms. The molecule has 0 saturated carbocycles. The Balaban J connectivity index is 2.21. The Morgan fingerprint density at radius 2 is 1.55 bits per heavy atom. The molecular formula is C26H24F3NO. The van der Waals surface area contributed by atoms with Crippen LogP contribution in [0.4, 0.5) is 13.2 Å². The first kappa shape index (κ1) is 22.4. The Labute approximate surface area is 180 Å². The van der Waals surface area contributed by atoms with Crippen molar-refractivity contribution in [2.75, 3.05) is 0 Å². The van der Waals surface area contributed by atoms with Gasteiger partial charge in [0.2, 0.25) is 5.82 Å². The van der Waals surface area contributed by atoms with Gasteiger partial charge in [-0.1, -0.05) is 57.0 Å². The molecule has 0 saturated heterocycles. The van der Waals surface area contributed by atoms with Crippen molar-refractivity contribution in [3.8, 4) is 34.1 Å². The Bertz CT molecular complexity index is 1130. The number of rotatable bonds is 7. The van der Waals surface area contributed by atoms with Crippen molar-refractivity contribution in [2.24, 2.45) is 0 Å². The number of phenols is 1. The summed E-state index contributed by atoms with van der Waals surface area (Å²) in [6.45, 7) is 3.83. The fraction of sp³-hybridized carbons (Fsp3) is 0.269. The van der Waals surface area contributed by atoms with Crippen LogP contribution in [0.15, 0.2) is 42.5 Å². The minimum Gasteiger partial charge on any atom is -0.504 e. The van der Waals surface area contributed by atoms with E-state index in [0.717, 1.165) is 37.3 Å². The van der Waals surface area contributed by atoms with E-state index in [-0.39, 0.29) is 28.7 Å². The van der Waals surface area contributed by atoms with Gasteiger partial charge in [0, 0.05) is 5.56 Å². The van der Waals surface area contributed by atoms with Gasteiger partial charge in [-0.3, -0.25) is 0 Å². The first-order chi connectivity index (χ1) is 14.9. The van der Waals surface area contributed by atoms with Gasteiger partial charge in [-0.25, -0.2) is 8.78 Å². The summed E-state index contributed by atoms with van der Waals surface area (Å²) in [6.07, 6.45) is 4.43. The minimum absolute atomic E-state index is 0.0119. The molecule has 1 N–H and O–H groups in total. The molecule has 0 spiro atoms. The summed E-state index contributed by atoms with van der Waals surface area (Å²) in [5.41, 5.74) is 2.18. The van der Waals surface area contributed by atoms with Crippen molar-refractivity contribution in [2.45, 2.75) is 46.0 Å². The molecule has 0 atom stereocenters. The highest BCUT2D eigenvalue weighted by Gasteiger charge is 2.26. The van der Waals surface area contributed by atoms with E-state index >= 15 is 0 Å². The van der Waals surface area contributed by atoms with Gasteiger partial charge in [0.25, 0.3) is 0 Å². The zero-order valence-corrected chi connectivity index (χ0v) is 17.6. The maximum absolute atomic E-state index is 14.7. The highest BCUT2D eigenvalue weighted by Crippen LogP contribution is 2.44. The van der Waals surface area contributed by atoms with Gasteiger partial charge in [-0.2, -0.15) is 9.65 Å². The SMILES string of the molecule is CCCCCc1ccc(-c2c(CC)c(F)c(F)c(O)c2-c2ccc(C#N)c(F)c2)cc1. The van der Waals surface area contributed by atoms with Crippen LogP contribution in [-0.2, 0) is 12.8 Å². The van der Waals surface area contributed by atoms with E-state index < -0.39 is 23.2 Å². The number of hydrogen-bond donors (Lipinski definition) is 1. The second-order valence-corrected chi connectivity index (χ2v) is 7.52. The summed E-state index contributed by atoms with van der Waals surface area (Å²) in [5, 5.41) is 19.5. The fourth-order valence-corrected chi connectivity index (χ4v) is 3.84. The van der Waals surface area contributed by atoms with Gasteiger partial charge in [0.1, 0.15) is 11.9 Å². The third-order valence-electron chi connectivity index (χ3n) is 5.50. The molecule has 0 radical (unpaired) electrons. The van der Waals surface area contributed by atoms with Crippen molar-refractivity contribution < 1.29 is 18.3 Å². The van der Waals surface area contributed by atoms with Crippen molar-refractivity contribution >= 4 is 0 Å². The van der Waals surface area contributed by atoms with Crippen LogP contribution in [-0.4, -0.2) is 5.11 Å². The van der Waals surface area contributed by atoms with Gasteiger partial charge in [0.05, 0.1) is 5.56 Å². The van der Waals surface area contributed by atoms with Gasteiger partial charge in [-0.15, -0.1) is 0 Å². The summed E-state index contributed by atoms with van der Waals surface area (Å²) in [7, 11) is 0. The summed E-state index contributed by atoms with van der Waals surface area (Å²) in [5.74, 6) is -4.14. The lowest BCUT2D eigenvalue weighted by molar-refractivity contribution is 0.406. The minimum atomic E-state index is -1.36. The van der Waals surface area contributed by atoms with E-state index in [0.29, 0.717) is 11.1 Å². The molecule has 2 nitrogen and oxygen atoms in total. The van der Waals surface area contributed by atoms with Crippen LogP contribution in [0.25, 0.3) is 22.3 Å². The number of nitriles is 1. The van der Waals surface area contributed by atoms with E-state index in [9.17, 15) is 18.3 Å². The second kappa shape index (κ2) is 9.70. The lowest BCUT2D eigenvalue weighted by Crippen LogP contribution is -2.02. The Hall–Kier alpha value is -3.26. The Morgan fingerprint density at radius 1 is 0.871 bits per heavy atom. The number of phenolic OH excluding ortho intramolecular Hbond substituents is 1. The van der Waals surface area contributed by atoms with Crippen molar-refractivity contribution in [3.63, 3.8) is 0 Å². The van der Waals surface area contributed by atoms with Gasteiger partial charge >= 0.3 is 0 Å². The first-order valence-corrected chi connectivity index (χ1v) is 10.4. The monoisotopic (exact) mass is 423 g/mol. The maximum atomic E-state index is 14.7. The van der Waals surface area contributed by atoms with E-state index in [1.807, 2.05) is 24.3 Å². The normalized spacial score (nSPS) is 10.8. The number of aromatic hydroxyl groups is 1. The van der Waals surface area contributed by atoms with Gasteiger partial charge in [-0.05, 0) is 59.2 Å². The van der Waals surface area contributed by atoms with E-state index in [1.165, 1.54) is 12.1 Å². The molecule has 3 aromatic carbocycles. The highest BCUT2D eigenvalue weighted by atomic mass is 19.2. The number of unbranched alkanes of at least 4 members (excludes halogenated alkanes) is 2. The number of nitrogens with zero attached hydrogens (tertiary/aromatic N) is 1. The standard InChI is InChI=1S/C26H24F3NO/c1-3-5-6-7-16-8-10-17(11-9-16)22-20(4-2)24(28)25(29)26(31)23(22)18-12-13-19(15-30)21(27)14-18/h8-14,31H,3-7H2,1-2H3. The average Bonchev–Trinajstić information content (AvgIpc) is 2.78. The molecule has 160 valence electrons. The van der Waals surface area contributed by atoms with Crippen LogP contribution in [0.1, 0.15) is 49.8 Å². The van der Waals surface area contributed by atoms with Crippen LogP contribution in [0, 0.1) is 28.8 Å². The van der Waals surface area contributed by atoms with Crippen molar-refractivity contribution in [3.05, 3.63) is 76.6 Å². The van der Waals surface area contributed by atoms with Gasteiger partial charge in [0.15, 0.2) is 11.6 Å². The van der Waals surface area contributed by atoms with Crippen LogP contribution in [0.5, 0.6) is 5.75 Å². The molecule has 0 aliphatic heterocycles. The summed E-state index contributed by atoms with van der Waals surface area (Å²) >= 11 is 0. The predicted molar refractivity (Wildman–Crippen MR) is 116 cm³/mol. The molecule has 0 aliphatic carbocycles. The first-order valence-electron chi connectivity index (χ1n) is 10.4. The lowest BCUT2D eigenvalue weighted by Gasteiger charge is -2.19. The molecule has 0 heterocycles. The molecule has 0 aromatic heterocycles. The van der Waals surface area contributed by atoms with Crippen LogP contribution in [0.3, 0.4) is 0 Å². The molecule has 0 unspecified atom stereocenters. The lowest BCUT2D eigenvalue weighted by atomic mass is 9.87. The number of hydrogen-bond acceptors (Lipinski definition) is 2. The molecule has 0 fully saturated rings. The molecule has 3 aromatic rings. The zero-order valence-electron chi connectivity index (χ0n) is 17.6. The summed E-state index contributed by atoms with van der Waals surface area (Å²) in [6, 6.07) is 13.0. The summed E-state index contributed by atoms with van der Waals surface area (Å²) < 4.78 is 43.6. The topological polar surface area (TPSA) is 44.0 Å². The van der Waals surface area contributed by atoms with Crippen LogP contribution >= 0.6 is 0 Å². The number of aryl methyl sites for hydroxylation is 1. The third-order valence-corrected chi connectivity index (χ3v) is 5.50. The van der Waals surface area contributed by atoms with Crippen LogP contribution in [0.2, 0.25) is 0 Å². The predicted octanol–water partition coefficient (Wildman–Crippen LogP) is 7.31. The molecule has 0 bridgehead atoms. The zero-order chi connectivity index (χ0) is 22.5. The quantitative estimate of drug-likeness (QED) is 0.405. The molecular weight excluding hydrogens is 399 g/mol. The average molecular weight is 423 g/mol. The fourth-order valence-electron chi connectivity index (χ4n) is 3.84. The van der Waals surface area contributed by atoms with Crippen LogP contribution < -0.4 is 0 Å². The second-order valence-electron chi connectivity index (χ2n) is 7.52. The summed E-state index contributed by atoms with van der Waals surface area (Å²) in [4.78, 5) is 0. The highest BCUT2D eigenvalue weighted by molar-refractivity contribution is 5.90. The van der Waals surface area contributed by atoms with Crippen molar-refractivity contribution in [1.29, 1.82) is 5.26 Å². The molecule has 0 amide bonds. The molecule has 3 rings (SSSR count). The van der Waals surface area contributed by atoms with Crippen molar-refractivity contribution in [1.82, 2.24) is 0 Å². The van der Waals surface area contributed by atoms with E-state index in [1.54, 1.807) is 13.0 Å². The largest absolute Gasteiger partial charge is 0.504 e.